The second-order valence-corrected chi connectivity index (χ2v) is 9.18. The largest absolute Gasteiger partial charge is 0.506 e. The number of fused-ring (bicyclic) bond motifs is 2. The summed E-state index contributed by atoms with van der Waals surface area (Å²) in [5, 5.41) is 19.8. The molecule has 37 heavy (non-hydrogen) atoms. The minimum absolute atomic E-state index is 0.0269. The maximum Gasteiger partial charge on any atom is 0.282 e. The van der Waals surface area contributed by atoms with Gasteiger partial charge in [-0.15, -0.1) is 0 Å². The van der Waals surface area contributed by atoms with Crippen molar-refractivity contribution < 1.29 is 5.11 Å². The van der Waals surface area contributed by atoms with E-state index in [2.05, 4.69) is 20.3 Å². The number of aromatic nitrogens is 6. The van der Waals surface area contributed by atoms with Gasteiger partial charge in [-0.25, -0.2) is 14.5 Å². The molecule has 0 aliphatic heterocycles. The monoisotopic (exact) mass is 511 g/mol. The molecule has 0 aliphatic carbocycles. The zero-order valence-corrected chi connectivity index (χ0v) is 20.7. The number of H-pyrrole nitrogens is 1. The summed E-state index contributed by atoms with van der Waals surface area (Å²) < 4.78 is 3.24. The fraction of sp³-hybridized carbons (Fsp3) is 0.111. The van der Waals surface area contributed by atoms with Crippen molar-refractivity contribution in [1.82, 2.24) is 29.1 Å². The molecule has 6 aromatic rings. The van der Waals surface area contributed by atoms with Crippen molar-refractivity contribution in [2.45, 2.75) is 19.9 Å². The molecule has 0 spiro atoms. The average molecular weight is 512 g/mol. The number of hydrogen-bond donors (Lipinski definition) is 3. The molecule has 9 nitrogen and oxygen atoms in total. The molecule has 6 rings (SSSR count). The maximum absolute atomic E-state index is 13.7. The van der Waals surface area contributed by atoms with Gasteiger partial charge in [0.25, 0.3) is 5.56 Å². The zero-order chi connectivity index (χ0) is 25.7. The van der Waals surface area contributed by atoms with Crippen molar-refractivity contribution in [2.24, 2.45) is 0 Å². The van der Waals surface area contributed by atoms with E-state index in [1.165, 1.54) is 6.33 Å². The molecule has 0 radical (unpaired) electrons. The number of halogens is 1. The lowest BCUT2D eigenvalue weighted by Gasteiger charge is -2.20. The molecule has 0 fully saturated rings. The molecule has 4 aromatic heterocycles. The third-order valence-electron chi connectivity index (χ3n) is 6.42. The number of nitrogens with zero attached hydrogens (tertiary/aromatic N) is 5. The lowest BCUT2D eigenvalue weighted by Crippen LogP contribution is -2.29. The summed E-state index contributed by atoms with van der Waals surface area (Å²) >= 11 is 6.18. The van der Waals surface area contributed by atoms with Crippen LogP contribution in [0.3, 0.4) is 0 Å². The molecular weight excluding hydrogens is 490 g/mol. The first kappa shape index (κ1) is 22.8. The highest BCUT2D eigenvalue weighted by molar-refractivity contribution is 6.32. The minimum atomic E-state index is -0.436. The summed E-state index contributed by atoms with van der Waals surface area (Å²) in [4.78, 5) is 25.7. The number of aromatic hydroxyl groups is 1. The Labute approximate surface area is 216 Å². The van der Waals surface area contributed by atoms with Gasteiger partial charge in [0.2, 0.25) is 0 Å². The van der Waals surface area contributed by atoms with Crippen molar-refractivity contribution in [3.63, 3.8) is 0 Å². The molecule has 184 valence electrons. The number of para-hydroxylation sites is 2. The van der Waals surface area contributed by atoms with E-state index in [9.17, 15) is 9.90 Å². The van der Waals surface area contributed by atoms with Crippen LogP contribution in [-0.2, 0) is 0 Å². The maximum atomic E-state index is 13.7. The summed E-state index contributed by atoms with van der Waals surface area (Å²) in [7, 11) is 0. The molecule has 0 saturated carbocycles. The van der Waals surface area contributed by atoms with Crippen LogP contribution in [0.4, 0.5) is 5.82 Å². The van der Waals surface area contributed by atoms with Crippen LogP contribution in [0.2, 0.25) is 5.02 Å². The predicted molar refractivity (Wildman–Crippen MR) is 144 cm³/mol. The topological polar surface area (TPSA) is 113 Å². The lowest BCUT2D eigenvalue weighted by molar-refractivity contribution is 0.477. The van der Waals surface area contributed by atoms with Crippen LogP contribution in [0.15, 0.2) is 78.1 Å². The van der Waals surface area contributed by atoms with E-state index >= 15 is 0 Å². The Hall–Kier alpha value is -4.63. The van der Waals surface area contributed by atoms with Gasteiger partial charge in [0, 0.05) is 23.5 Å². The molecule has 1 atom stereocenters. The molecule has 0 bridgehead atoms. The summed E-state index contributed by atoms with van der Waals surface area (Å²) in [5.74, 6) is 1.00. The van der Waals surface area contributed by atoms with Crippen LogP contribution in [-0.4, -0.2) is 34.2 Å². The van der Waals surface area contributed by atoms with Gasteiger partial charge in [-0.3, -0.25) is 9.36 Å². The van der Waals surface area contributed by atoms with E-state index in [0.717, 1.165) is 5.56 Å². The Kier molecular flexibility index (Phi) is 5.42. The average Bonchev–Trinajstić information content (AvgIpc) is 3.50. The number of phenols is 1. The minimum Gasteiger partial charge on any atom is -0.506 e. The molecule has 2 aromatic carbocycles. The third-order valence-corrected chi connectivity index (χ3v) is 6.72. The Morgan fingerprint density at radius 1 is 1.05 bits per heavy atom. The number of nitrogens with one attached hydrogen (secondary N) is 2. The van der Waals surface area contributed by atoms with E-state index in [1.54, 1.807) is 39.7 Å². The van der Waals surface area contributed by atoms with E-state index in [1.807, 2.05) is 50.2 Å². The SMILES string of the molecule is Cc1ccn2nc(C(C)Nc3ncnc4[nH]cc(-c5cccc(Cl)c5O)c34)n(-c3ccccc3)c(=O)c12. The summed E-state index contributed by atoms with van der Waals surface area (Å²) in [6.45, 7) is 3.81. The summed E-state index contributed by atoms with van der Waals surface area (Å²) in [6.07, 6.45) is 4.99. The van der Waals surface area contributed by atoms with Gasteiger partial charge in [0.05, 0.1) is 22.1 Å². The van der Waals surface area contributed by atoms with Crippen LogP contribution >= 0.6 is 11.6 Å². The van der Waals surface area contributed by atoms with E-state index in [-0.39, 0.29) is 16.3 Å². The highest BCUT2D eigenvalue weighted by Gasteiger charge is 2.22. The third kappa shape index (κ3) is 3.71. The molecule has 0 amide bonds. The van der Waals surface area contributed by atoms with E-state index < -0.39 is 6.04 Å². The van der Waals surface area contributed by atoms with E-state index in [0.29, 0.717) is 45.0 Å². The van der Waals surface area contributed by atoms with Gasteiger partial charge in [-0.1, -0.05) is 41.9 Å². The quantitative estimate of drug-likeness (QED) is 0.291. The van der Waals surface area contributed by atoms with Crippen LogP contribution < -0.4 is 10.9 Å². The number of aromatic amines is 1. The van der Waals surface area contributed by atoms with Crippen molar-refractivity contribution >= 4 is 34.0 Å². The Bertz CT molecular complexity index is 1840. The normalized spacial score (nSPS) is 12.3. The predicted octanol–water partition coefficient (Wildman–Crippen LogP) is 5.26. The van der Waals surface area contributed by atoms with Gasteiger partial charge < -0.3 is 15.4 Å². The van der Waals surface area contributed by atoms with E-state index in [4.69, 9.17) is 16.7 Å². The van der Waals surface area contributed by atoms with Gasteiger partial charge >= 0.3 is 0 Å². The Morgan fingerprint density at radius 3 is 2.68 bits per heavy atom. The number of hydrogen-bond acceptors (Lipinski definition) is 6. The molecule has 3 N–H and O–H groups in total. The highest BCUT2D eigenvalue weighted by atomic mass is 35.5. The first-order chi connectivity index (χ1) is 17.9. The molecule has 0 saturated heterocycles. The van der Waals surface area contributed by atoms with Crippen LogP contribution in [0.1, 0.15) is 24.4 Å². The van der Waals surface area contributed by atoms with Gasteiger partial charge in [0.1, 0.15) is 29.1 Å². The fourth-order valence-electron chi connectivity index (χ4n) is 4.63. The van der Waals surface area contributed by atoms with Gasteiger partial charge in [0.15, 0.2) is 5.82 Å². The highest BCUT2D eigenvalue weighted by Crippen LogP contribution is 2.40. The standard InChI is InChI=1S/C27H22ClN7O2/c1-15-11-12-34-22(15)27(37)35(17-7-4-3-5-8-17)26(33-34)16(2)32-25-21-19(13-29-24(21)30-14-31-25)18-9-6-10-20(28)23(18)36/h3-14,16,36H,1-2H3,(H2,29,30,31,32). The molecular formula is C27H22ClN7O2. The Morgan fingerprint density at radius 2 is 1.86 bits per heavy atom. The summed E-state index contributed by atoms with van der Waals surface area (Å²) in [6, 6.07) is 16.0. The van der Waals surface area contributed by atoms with Crippen LogP contribution in [0.25, 0.3) is 33.4 Å². The van der Waals surface area contributed by atoms with Crippen LogP contribution in [0, 0.1) is 6.92 Å². The lowest BCUT2D eigenvalue weighted by atomic mass is 10.0. The first-order valence-corrected chi connectivity index (χ1v) is 12.0. The smallest absolute Gasteiger partial charge is 0.282 e. The fourth-order valence-corrected chi connectivity index (χ4v) is 4.80. The van der Waals surface area contributed by atoms with Crippen molar-refractivity contribution in [2.75, 3.05) is 5.32 Å². The van der Waals surface area contributed by atoms with Crippen molar-refractivity contribution in [3.8, 4) is 22.6 Å². The van der Waals surface area contributed by atoms with Gasteiger partial charge in [-0.2, -0.15) is 5.10 Å². The summed E-state index contributed by atoms with van der Waals surface area (Å²) in [5.41, 5.74) is 3.75. The second-order valence-electron chi connectivity index (χ2n) is 8.78. The molecule has 0 aliphatic rings. The van der Waals surface area contributed by atoms with Crippen molar-refractivity contribution in [3.05, 3.63) is 100 Å². The number of rotatable bonds is 5. The second kappa shape index (κ2) is 8.79. The molecule has 4 heterocycles. The molecule has 10 heteroatoms. The number of phenolic OH excluding ortho intramolecular Hbond substituents is 1. The number of aryl methyl sites for hydroxylation is 1. The van der Waals surface area contributed by atoms with Crippen molar-refractivity contribution in [1.29, 1.82) is 0 Å². The number of benzene rings is 2. The van der Waals surface area contributed by atoms with Gasteiger partial charge in [-0.05, 0) is 43.7 Å². The Balaban J connectivity index is 1.51. The number of anilines is 1. The van der Waals surface area contributed by atoms with Crippen LogP contribution in [0.5, 0.6) is 5.75 Å². The zero-order valence-electron chi connectivity index (χ0n) is 20.0. The first-order valence-electron chi connectivity index (χ1n) is 11.7. The molecule has 1 unspecified atom stereocenters.